The maximum atomic E-state index is 13.6. The number of rotatable bonds is 4. The van der Waals surface area contributed by atoms with Crippen molar-refractivity contribution in [1.82, 2.24) is 29.9 Å². The third-order valence-electron chi connectivity index (χ3n) is 5.41. The molecule has 1 atom stereocenters. The van der Waals surface area contributed by atoms with Crippen molar-refractivity contribution in [3.05, 3.63) is 63.0 Å². The molecule has 1 aliphatic rings. The number of hydrogen-bond donors (Lipinski definition) is 2. The van der Waals surface area contributed by atoms with Crippen LogP contribution < -0.4 is 21.2 Å². The van der Waals surface area contributed by atoms with E-state index in [2.05, 4.69) is 25.6 Å². The van der Waals surface area contributed by atoms with E-state index >= 15 is 0 Å². The van der Waals surface area contributed by atoms with Gasteiger partial charge >= 0.3 is 0 Å². The highest BCUT2D eigenvalue weighted by molar-refractivity contribution is 6.35. The van der Waals surface area contributed by atoms with Crippen LogP contribution in [-0.4, -0.2) is 50.8 Å². The third-order valence-corrected chi connectivity index (χ3v) is 5.94. The van der Waals surface area contributed by atoms with Gasteiger partial charge in [0.05, 0.1) is 27.5 Å². The summed E-state index contributed by atoms with van der Waals surface area (Å²) in [6, 6.07) is 8.38. The van der Waals surface area contributed by atoms with Gasteiger partial charge in [-0.25, -0.2) is 24.6 Å². The van der Waals surface area contributed by atoms with Gasteiger partial charge in [-0.1, -0.05) is 29.3 Å². The maximum Gasteiger partial charge on any atom is 0.281 e. The number of hydrogen-bond acceptors (Lipinski definition) is 8. The lowest BCUT2D eigenvalue weighted by molar-refractivity contribution is 0.461. The number of halogens is 2. The predicted octanol–water partition coefficient (Wildman–Crippen LogP) is 2.76. The second-order valence-corrected chi connectivity index (χ2v) is 8.31. The molecule has 1 aromatic carbocycles. The molecule has 0 aliphatic carbocycles. The van der Waals surface area contributed by atoms with E-state index in [0.29, 0.717) is 56.8 Å². The van der Waals surface area contributed by atoms with Gasteiger partial charge in [0.25, 0.3) is 5.56 Å². The lowest BCUT2D eigenvalue weighted by Crippen LogP contribution is -2.54. The van der Waals surface area contributed by atoms with Crippen LogP contribution in [0.25, 0.3) is 21.9 Å². The monoisotopic (exact) mass is 470 g/mol. The zero-order valence-electron chi connectivity index (χ0n) is 17.2. The van der Waals surface area contributed by atoms with Crippen molar-refractivity contribution in [2.45, 2.75) is 13.0 Å². The van der Waals surface area contributed by atoms with E-state index in [0.717, 1.165) is 13.1 Å². The van der Waals surface area contributed by atoms with Crippen LogP contribution in [0, 0.1) is 0 Å². The first-order valence-electron chi connectivity index (χ1n) is 10.2. The summed E-state index contributed by atoms with van der Waals surface area (Å²) in [7, 11) is 0. The fourth-order valence-corrected chi connectivity index (χ4v) is 4.29. The molecule has 11 heteroatoms. The largest absolute Gasteiger partial charge is 0.358 e. The fourth-order valence-electron chi connectivity index (χ4n) is 3.90. The van der Waals surface area contributed by atoms with Crippen molar-refractivity contribution in [1.29, 1.82) is 0 Å². The van der Waals surface area contributed by atoms with Gasteiger partial charge in [-0.15, -0.1) is 0 Å². The summed E-state index contributed by atoms with van der Waals surface area (Å²) in [6.45, 7) is 4.81. The molecular weight excluding hydrogens is 451 g/mol. The fraction of sp³-hybridized carbons (Fsp3) is 0.286. The van der Waals surface area contributed by atoms with Crippen molar-refractivity contribution in [2.24, 2.45) is 0 Å². The third kappa shape index (κ3) is 3.72. The number of aromatic nitrogens is 5. The second-order valence-electron chi connectivity index (χ2n) is 7.51. The zero-order valence-corrected chi connectivity index (χ0v) is 18.7. The first kappa shape index (κ1) is 20.9. The van der Waals surface area contributed by atoms with E-state index in [-0.39, 0.29) is 11.6 Å². The molecule has 32 heavy (non-hydrogen) atoms. The highest BCUT2D eigenvalue weighted by Gasteiger charge is 2.24. The Morgan fingerprint density at radius 1 is 1.06 bits per heavy atom. The number of pyridine rings is 1. The number of piperazine rings is 1. The molecule has 3 aromatic heterocycles. The summed E-state index contributed by atoms with van der Waals surface area (Å²) < 4.78 is 1.64. The van der Waals surface area contributed by atoms with Crippen molar-refractivity contribution in [3.63, 3.8) is 0 Å². The first-order chi connectivity index (χ1) is 15.5. The Kier molecular flexibility index (Phi) is 5.54. The van der Waals surface area contributed by atoms with Gasteiger partial charge in [0.1, 0.15) is 17.0 Å². The van der Waals surface area contributed by atoms with Gasteiger partial charge in [-0.2, -0.15) is 0 Å². The van der Waals surface area contributed by atoms with Gasteiger partial charge in [-0.05, 0) is 31.2 Å². The quantitative estimate of drug-likeness (QED) is 0.439. The molecule has 0 spiro atoms. The molecular formula is C21H20Cl2N8O. The van der Waals surface area contributed by atoms with Crippen molar-refractivity contribution in [2.75, 3.05) is 36.5 Å². The summed E-state index contributed by atoms with van der Waals surface area (Å²) in [4.78, 5) is 31.4. The summed E-state index contributed by atoms with van der Waals surface area (Å²) in [6.07, 6.45) is 1.46. The van der Waals surface area contributed by atoms with Gasteiger partial charge in [0, 0.05) is 26.2 Å². The minimum Gasteiger partial charge on any atom is -0.358 e. The minimum absolute atomic E-state index is 0.195. The molecule has 1 saturated heterocycles. The second kappa shape index (κ2) is 8.50. The van der Waals surface area contributed by atoms with Crippen LogP contribution in [0.3, 0.4) is 0 Å². The van der Waals surface area contributed by atoms with Crippen molar-refractivity contribution in [3.8, 4) is 0 Å². The molecule has 1 aliphatic heterocycles. The molecule has 9 nitrogen and oxygen atoms in total. The van der Waals surface area contributed by atoms with Crippen LogP contribution in [0.1, 0.15) is 18.8 Å². The molecule has 0 bridgehead atoms. The molecule has 0 saturated carbocycles. The lowest BCUT2D eigenvalue weighted by atomic mass is 10.2. The molecule has 4 aromatic rings. The van der Waals surface area contributed by atoms with Crippen LogP contribution in [0.5, 0.6) is 0 Å². The molecule has 1 unspecified atom stereocenters. The van der Waals surface area contributed by atoms with Crippen molar-refractivity contribution >= 4 is 51.0 Å². The van der Waals surface area contributed by atoms with Crippen LogP contribution >= 0.6 is 23.2 Å². The smallest absolute Gasteiger partial charge is 0.281 e. The number of fused-ring (bicyclic) bond motifs is 2. The predicted molar refractivity (Wildman–Crippen MR) is 126 cm³/mol. The molecule has 2 N–H and O–H groups in total. The van der Waals surface area contributed by atoms with Gasteiger partial charge in [-0.3, -0.25) is 4.79 Å². The zero-order chi connectivity index (χ0) is 22.2. The molecule has 0 amide bonds. The SMILES string of the molecule is CC(Nc1ncnc2ccc(Cl)nc12)c1nc2cccc(Cl)c2c(=O)n1N1CCNCC1. The summed E-state index contributed by atoms with van der Waals surface area (Å²) in [5.41, 5.74) is 1.56. The molecule has 164 valence electrons. The molecule has 4 heterocycles. The average Bonchev–Trinajstić information content (AvgIpc) is 2.80. The van der Waals surface area contributed by atoms with Gasteiger partial charge < -0.3 is 15.6 Å². The van der Waals surface area contributed by atoms with E-state index < -0.39 is 0 Å². The van der Waals surface area contributed by atoms with Crippen molar-refractivity contribution < 1.29 is 0 Å². The Morgan fingerprint density at radius 2 is 1.88 bits per heavy atom. The maximum absolute atomic E-state index is 13.6. The Morgan fingerprint density at radius 3 is 2.69 bits per heavy atom. The van der Waals surface area contributed by atoms with Crippen LogP contribution in [0.4, 0.5) is 5.82 Å². The Labute approximate surface area is 193 Å². The van der Waals surface area contributed by atoms with E-state index in [1.165, 1.54) is 6.33 Å². The van der Waals surface area contributed by atoms with Crippen LogP contribution in [0.2, 0.25) is 10.2 Å². The minimum atomic E-state index is -0.375. The van der Waals surface area contributed by atoms with Crippen LogP contribution in [-0.2, 0) is 0 Å². The van der Waals surface area contributed by atoms with E-state index in [1.807, 2.05) is 11.9 Å². The van der Waals surface area contributed by atoms with E-state index in [1.54, 1.807) is 35.0 Å². The van der Waals surface area contributed by atoms with E-state index in [9.17, 15) is 4.79 Å². The topological polar surface area (TPSA) is 101 Å². The number of anilines is 1. The number of benzene rings is 1. The highest BCUT2D eigenvalue weighted by atomic mass is 35.5. The molecule has 0 radical (unpaired) electrons. The van der Waals surface area contributed by atoms with Crippen LogP contribution in [0.15, 0.2) is 41.5 Å². The van der Waals surface area contributed by atoms with Gasteiger partial charge in [0.2, 0.25) is 0 Å². The molecule has 1 fully saturated rings. The first-order valence-corrected chi connectivity index (χ1v) is 11.0. The van der Waals surface area contributed by atoms with Gasteiger partial charge in [0.15, 0.2) is 11.6 Å². The summed E-state index contributed by atoms with van der Waals surface area (Å²) in [5.74, 6) is 1.07. The lowest BCUT2D eigenvalue weighted by Gasteiger charge is -2.33. The Balaban J connectivity index is 1.64. The summed E-state index contributed by atoms with van der Waals surface area (Å²) in [5, 5.41) is 9.79. The Bertz CT molecular complexity index is 1370. The highest BCUT2D eigenvalue weighted by Crippen LogP contribution is 2.25. The number of nitrogens with zero attached hydrogens (tertiary/aromatic N) is 6. The Hall–Kier alpha value is -3.01. The summed E-state index contributed by atoms with van der Waals surface area (Å²) >= 11 is 12.5. The normalized spacial score (nSPS) is 15.3. The van der Waals surface area contributed by atoms with E-state index in [4.69, 9.17) is 28.2 Å². The molecule has 5 rings (SSSR count). The number of nitrogens with one attached hydrogen (secondary N) is 2. The average molecular weight is 471 g/mol. The standard InChI is InChI=1S/C21H20Cl2N8O/c1-12(27-19-18-15(25-11-26-19)5-6-16(23)29-18)20-28-14-4-2-3-13(22)17(14)21(32)31(20)30-9-7-24-8-10-30/h2-6,11-12,24H,7-10H2,1H3,(H,25,26,27).